The number of hydrogen-bond acceptors (Lipinski definition) is 4. The van der Waals surface area contributed by atoms with Crippen LogP contribution in [0.3, 0.4) is 0 Å². The molecule has 0 aliphatic rings. The van der Waals surface area contributed by atoms with Gasteiger partial charge in [0.05, 0.1) is 6.19 Å². The number of nitrogens with zero attached hydrogens (tertiary/aromatic N) is 1. The predicted octanol–water partition coefficient (Wildman–Crippen LogP) is 1.70. The largest absolute Gasteiger partial charge is 0.396 e. The van der Waals surface area contributed by atoms with Crippen LogP contribution in [-0.2, 0) is 11.2 Å². The third kappa shape index (κ3) is 7.13. The summed E-state index contributed by atoms with van der Waals surface area (Å²) < 4.78 is 0. The monoisotopic (exact) mass is 358 g/mol. The van der Waals surface area contributed by atoms with Crippen LogP contribution in [0, 0.1) is 6.92 Å². The van der Waals surface area contributed by atoms with Crippen LogP contribution >= 0.6 is 23.2 Å². The molecule has 2 N–H and O–H groups in total. The van der Waals surface area contributed by atoms with Gasteiger partial charge in [-0.05, 0) is 43.0 Å². The summed E-state index contributed by atoms with van der Waals surface area (Å²) in [6, 6.07) is 6.41. The van der Waals surface area contributed by atoms with Crippen LogP contribution < -0.4 is 10.1 Å². The highest BCUT2D eigenvalue weighted by molar-refractivity contribution is 6.64. The van der Waals surface area contributed by atoms with E-state index < -0.39 is 0 Å². The van der Waals surface area contributed by atoms with E-state index in [-0.39, 0.29) is 12.6 Å². The smallest absolute Gasteiger partial charge is 0.278 e. The lowest BCUT2D eigenvalue weighted by Gasteiger charge is -2.25. The molecule has 0 unspecified atom stereocenters. The quantitative estimate of drug-likeness (QED) is 0.339. The van der Waals surface area contributed by atoms with Crippen molar-refractivity contribution >= 4 is 42.5 Å². The highest BCUT2D eigenvalue weighted by Gasteiger charge is 2.13. The van der Waals surface area contributed by atoms with Crippen molar-refractivity contribution in [1.29, 1.82) is 0 Å². The molecule has 0 aliphatic carbocycles. The van der Waals surface area contributed by atoms with Crippen LogP contribution in [0.15, 0.2) is 18.2 Å². The Morgan fingerprint density at radius 3 is 2.61 bits per heavy atom. The average molecular weight is 359 g/mol. The van der Waals surface area contributed by atoms with E-state index in [0.717, 1.165) is 31.4 Å². The summed E-state index contributed by atoms with van der Waals surface area (Å²) in [6.07, 6.45) is 2.23. The van der Waals surface area contributed by atoms with Gasteiger partial charge >= 0.3 is 0 Å². The minimum Gasteiger partial charge on any atom is -0.396 e. The van der Waals surface area contributed by atoms with Crippen molar-refractivity contribution in [2.45, 2.75) is 25.8 Å². The number of aliphatic hydroxyl groups excluding tert-OH is 1. The van der Waals surface area contributed by atoms with Crippen molar-refractivity contribution in [2.24, 2.45) is 0 Å². The zero-order valence-corrected chi connectivity index (χ0v) is 15.1. The van der Waals surface area contributed by atoms with Gasteiger partial charge in [-0.2, -0.15) is 0 Å². The molecule has 0 saturated heterocycles. The molecule has 0 aromatic heterocycles. The SMILES string of the molecule is Cc1ccc(N(CCCl)CCCl)cc1C[C@@H](CCO)NBC=O. The van der Waals surface area contributed by atoms with E-state index in [4.69, 9.17) is 23.2 Å². The fraction of sp³-hybridized carbons (Fsp3) is 0.562. The lowest BCUT2D eigenvalue weighted by atomic mass is 9.91. The molecule has 4 nitrogen and oxygen atoms in total. The van der Waals surface area contributed by atoms with Gasteiger partial charge in [0.25, 0.3) is 7.41 Å². The second-order valence-electron chi connectivity index (χ2n) is 5.46. The first-order valence-electron chi connectivity index (χ1n) is 7.90. The molecule has 1 aromatic carbocycles. The van der Waals surface area contributed by atoms with Crippen molar-refractivity contribution < 1.29 is 9.90 Å². The zero-order valence-electron chi connectivity index (χ0n) is 13.6. The van der Waals surface area contributed by atoms with E-state index in [9.17, 15) is 9.90 Å². The van der Waals surface area contributed by atoms with Crippen molar-refractivity contribution in [3.8, 4) is 0 Å². The highest BCUT2D eigenvalue weighted by atomic mass is 35.5. The third-order valence-corrected chi connectivity index (χ3v) is 4.18. The Hall–Kier alpha value is -0.745. The molecular weight excluding hydrogens is 334 g/mol. The summed E-state index contributed by atoms with van der Waals surface area (Å²) in [5.41, 5.74) is 3.50. The van der Waals surface area contributed by atoms with E-state index in [1.54, 1.807) is 0 Å². The van der Waals surface area contributed by atoms with Gasteiger partial charge in [-0.3, -0.25) is 0 Å². The van der Waals surface area contributed by atoms with Gasteiger partial charge in [-0.15, -0.1) is 23.2 Å². The molecule has 0 saturated carbocycles. The maximum Gasteiger partial charge on any atom is 0.278 e. The number of carbonyl (C=O) groups is 1. The first kappa shape index (κ1) is 20.3. The molecule has 0 amide bonds. The molecule has 0 aliphatic heterocycles. The second kappa shape index (κ2) is 11.7. The summed E-state index contributed by atoms with van der Waals surface area (Å²) in [5, 5.41) is 12.4. The van der Waals surface area contributed by atoms with E-state index >= 15 is 0 Å². The number of aryl methyl sites for hydroxylation is 1. The molecule has 7 heteroatoms. The van der Waals surface area contributed by atoms with Crippen LogP contribution in [0.5, 0.6) is 0 Å². The van der Waals surface area contributed by atoms with Gasteiger partial charge in [0, 0.05) is 43.2 Å². The number of carbonyl (C=O) groups excluding carboxylic acids is 1. The standard InChI is InChI=1S/C16H25BCl2N2O2/c1-13-2-3-16(21(7-5-18)8-6-19)11-14(13)10-15(4-9-22)20-17-12-23/h2-3,11-12,15,17,20,22H,4-10H2,1H3/t15-/m1/s1. The molecule has 0 bridgehead atoms. The van der Waals surface area contributed by atoms with Crippen LogP contribution in [0.1, 0.15) is 17.5 Å². The Bertz CT molecular complexity index is 471. The summed E-state index contributed by atoms with van der Waals surface area (Å²) in [6.45, 7) is 3.67. The molecule has 1 atom stereocenters. The van der Waals surface area contributed by atoms with Gasteiger partial charge in [0.15, 0.2) is 0 Å². The fourth-order valence-electron chi connectivity index (χ4n) is 2.56. The number of alkyl halides is 2. The minimum atomic E-state index is 0.0775. The molecule has 1 rings (SSSR count). The lowest BCUT2D eigenvalue weighted by Crippen LogP contribution is -2.36. The topological polar surface area (TPSA) is 52.6 Å². The summed E-state index contributed by atoms with van der Waals surface area (Å²) in [4.78, 5) is 12.7. The third-order valence-electron chi connectivity index (χ3n) is 3.84. The van der Waals surface area contributed by atoms with E-state index in [1.807, 2.05) is 0 Å². The lowest BCUT2D eigenvalue weighted by molar-refractivity contribution is 0.271. The van der Waals surface area contributed by atoms with Crippen molar-refractivity contribution in [1.82, 2.24) is 5.23 Å². The average Bonchev–Trinajstić information content (AvgIpc) is 2.54. The molecular formula is C16H25BCl2N2O2. The van der Waals surface area contributed by atoms with Gasteiger partial charge < -0.3 is 20.0 Å². The molecule has 0 fully saturated rings. The number of aliphatic hydroxyl groups is 1. The normalized spacial score (nSPS) is 12.0. The Labute approximate surface area is 149 Å². The summed E-state index contributed by atoms with van der Waals surface area (Å²) in [7, 11) is 0.300. The first-order valence-corrected chi connectivity index (χ1v) is 8.97. The van der Waals surface area contributed by atoms with Crippen molar-refractivity contribution in [2.75, 3.05) is 36.4 Å². The van der Waals surface area contributed by atoms with Crippen LogP contribution in [0.2, 0.25) is 0 Å². The van der Waals surface area contributed by atoms with Gasteiger partial charge in [-0.1, -0.05) is 6.07 Å². The Morgan fingerprint density at radius 2 is 2.04 bits per heavy atom. The van der Waals surface area contributed by atoms with E-state index in [2.05, 4.69) is 35.3 Å². The van der Waals surface area contributed by atoms with Crippen LogP contribution in [-0.4, -0.2) is 56.2 Å². The van der Waals surface area contributed by atoms with Crippen molar-refractivity contribution in [3.05, 3.63) is 29.3 Å². The number of anilines is 1. The number of nitrogens with one attached hydrogen (secondary N) is 1. The second-order valence-corrected chi connectivity index (χ2v) is 6.22. The number of halogens is 2. The Morgan fingerprint density at radius 1 is 1.35 bits per heavy atom. The summed E-state index contributed by atoms with van der Waals surface area (Å²) >= 11 is 11.8. The maximum atomic E-state index is 10.6. The number of rotatable bonds is 12. The highest BCUT2D eigenvalue weighted by Crippen LogP contribution is 2.21. The number of hydrogen-bond donors (Lipinski definition) is 2. The molecule has 1 aromatic rings. The fourth-order valence-corrected chi connectivity index (χ4v) is 2.97. The van der Waals surface area contributed by atoms with Gasteiger partial charge in [0.1, 0.15) is 0 Å². The molecule has 0 spiro atoms. The van der Waals surface area contributed by atoms with Crippen LogP contribution in [0.4, 0.5) is 5.69 Å². The van der Waals surface area contributed by atoms with Gasteiger partial charge in [-0.25, -0.2) is 0 Å². The van der Waals surface area contributed by atoms with Gasteiger partial charge in [0.2, 0.25) is 0 Å². The minimum absolute atomic E-state index is 0.0775. The predicted molar refractivity (Wildman–Crippen MR) is 101 cm³/mol. The van der Waals surface area contributed by atoms with Crippen LogP contribution in [0.25, 0.3) is 0 Å². The van der Waals surface area contributed by atoms with E-state index in [0.29, 0.717) is 25.6 Å². The molecule has 128 valence electrons. The first-order chi connectivity index (χ1) is 11.2. The molecule has 23 heavy (non-hydrogen) atoms. The molecule has 0 heterocycles. The van der Waals surface area contributed by atoms with Crippen molar-refractivity contribution in [3.63, 3.8) is 0 Å². The summed E-state index contributed by atoms with van der Waals surface area (Å²) in [5.74, 6) is 1.10. The number of benzene rings is 1. The Balaban J connectivity index is 2.91. The Kier molecular flexibility index (Phi) is 10.4. The van der Waals surface area contributed by atoms with E-state index in [1.165, 1.54) is 11.1 Å². The zero-order chi connectivity index (χ0) is 17.1. The molecule has 0 radical (unpaired) electrons. The maximum absolute atomic E-state index is 10.6.